The van der Waals surface area contributed by atoms with E-state index in [1.165, 1.54) is 11.3 Å². The van der Waals surface area contributed by atoms with Crippen LogP contribution in [0.15, 0.2) is 15.4 Å². The van der Waals surface area contributed by atoms with Gasteiger partial charge in [-0.15, -0.1) is 11.3 Å². The lowest BCUT2D eigenvalue weighted by atomic mass is 9.86. The van der Waals surface area contributed by atoms with Crippen LogP contribution in [0.1, 0.15) is 12.8 Å². The summed E-state index contributed by atoms with van der Waals surface area (Å²) in [6.07, 6.45) is 0. The Morgan fingerprint density at radius 3 is 3.12 bits per heavy atom. The number of hydrogen-bond donors (Lipinski definition) is 1. The van der Waals surface area contributed by atoms with Gasteiger partial charge in [0.1, 0.15) is 5.69 Å². The van der Waals surface area contributed by atoms with Gasteiger partial charge in [-0.25, -0.2) is 4.98 Å². The van der Waals surface area contributed by atoms with E-state index < -0.39 is 5.41 Å². The number of aromatic nitrogens is 3. The van der Waals surface area contributed by atoms with Crippen molar-refractivity contribution in [2.24, 2.45) is 5.73 Å². The Morgan fingerprint density at radius 2 is 2.47 bits per heavy atom. The van der Waals surface area contributed by atoms with Crippen LogP contribution in [0.25, 0.3) is 11.5 Å². The van der Waals surface area contributed by atoms with Gasteiger partial charge in [0.15, 0.2) is 0 Å². The van der Waals surface area contributed by atoms with E-state index >= 15 is 0 Å². The molecule has 0 aliphatic carbocycles. The van der Waals surface area contributed by atoms with Crippen molar-refractivity contribution in [3.63, 3.8) is 0 Å². The summed E-state index contributed by atoms with van der Waals surface area (Å²) >= 11 is 1.49. The van der Waals surface area contributed by atoms with Gasteiger partial charge in [0.2, 0.25) is 11.7 Å². The van der Waals surface area contributed by atoms with Crippen molar-refractivity contribution in [1.29, 1.82) is 0 Å². The zero-order valence-electron chi connectivity index (χ0n) is 9.29. The molecule has 2 aromatic rings. The van der Waals surface area contributed by atoms with E-state index in [9.17, 15) is 0 Å². The van der Waals surface area contributed by atoms with Gasteiger partial charge in [-0.3, -0.25) is 0 Å². The van der Waals surface area contributed by atoms with E-state index in [1.807, 2.05) is 12.3 Å². The molecule has 1 aliphatic rings. The average Bonchev–Trinajstić information content (AvgIpc) is 3.01. The maximum atomic E-state index is 6.01. The molecular weight excluding hydrogens is 240 g/mol. The Morgan fingerprint density at radius 1 is 1.59 bits per heavy atom. The Bertz CT molecular complexity index is 512. The maximum Gasteiger partial charge on any atom is 0.236 e. The third-order valence-corrected chi connectivity index (χ3v) is 3.68. The van der Waals surface area contributed by atoms with Gasteiger partial charge in [-0.1, -0.05) is 5.16 Å². The van der Waals surface area contributed by atoms with E-state index in [4.69, 9.17) is 15.0 Å². The molecule has 0 radical (unpaired) electrons. The van der Waals surface area contributed by atoms with E-state index in [2.05, 4.69) is 15.1 Å². The van der Waals surface area contributed by atoms with E-state index in [-0.39, 0.29) is 6.04 Å². The normalized spacial score (nSPS) is 28.7. The summed E-state index contributed by atoms with van der Waals surface area (Å²) in [4.78, 5) is 8.50. The second-order valence-electron chi connectivity index (χ2n) is 4.34. The first kappa shape index (κ1) is 10.8. The van der Waals surface area contributed by atoms with Gasteiger partial charge in [0.25, 0.3) is 0 Å². The van der Waals surface area contributed by atoms with Crippen LogP contribution in [0.5, 0.6) is 0 Å². The van der Waals surface area contributed by atoms with Crippen molar-refractivity contribution in [2.75, 3.05) is 13.2 Å². The van der Waals surface area contributed by atoms with Crippen LogP contribution < -0.4 is 5.73 Å². The first-order valence-corrected chi connectivity index (χ1v) is 6.20. The molecule has 0 spiro atoms. The number of nitrogens with zero attached hydrogens (tertiary/aromatic N) is 3. The standard InChI is InChI=1S/C10H12N4O2S/c1-10(4-15-2-7(10)11)9-13-8(14-16-9)6-3-17-5-12-6/h3,5,7H,2,4,11H2,1H3. The predicted octanol–water partition coefficient (Wildman–Crippen LogP) is 0.808. The summed E-state index contributed by atoms with van der Waals surface area (Å²) in [5, 5.41) is 5.81. The molecule has 3 heterocycles. The van der Waals surface area contributed by atoms with Crippen molar-refractivity contribution in [3.05, 3.63) is 16.8 Å². The third-order valence-electron chi connectivity index (χ3n) is 3.09. The molecule has 0 saturated carbocycles. The summed E-state index contributed by atoms with van der Waals surface area (Å²) in [6.45, 7) is 3.00. The highest BCUT2D eigenvalue weighted by Gasteiger charge is 2.44. The lowest BCUT2D eigenvalue weighted by Gasteiger charge is -2.21. The van der Waals surface area contributed by atoms with E-state index in [1.54, 1.807) is 5.51 Å². The summed E-state index contributed by atoms with van der Waals surface area (Å²) in [5.41, 5.74) is 8.06. The monoisotopic (exact) mass is 252 g/mol. The van der Waals surface area contributed by atoms with Crippen molar-refractivity contribution in [1.82, 2.24) is 15.1 Å². The van der Waals surface area contributed by atoms with Gasteiger partial charge >= 0.3 is 0 Å². The molecule has 17 heavy (non-hydrogen) atoms. The molecule has 2 aromatic heterocycles. The second-order valence-corrected chi connectivity index (χ2v) is 5.05. The van der Waals surface area contributed by atoms with Crippen LogP contribution in [0, 0.1) is 0 Å². The lowest BCUT2D eigenvalue weighted by molar-refractivity contribution is 0.169. The van der Waals surface area contributed by atoms with Gasteiger partial charge in [-0.05, 0) is 6.92 Å². The number of nitrogens with two attached hydrogens (primary N) is 1. The van der Waals surface area contributed by atoms with Crippen molar-refractivity contribution >= 4 is 11.3 Å². The minimum absolute atomic E-state index is 0.119. The fourth-order valence-electron chi connectivity index (χ4n) is 1.79. The zero-order valence-corrected chi connectivity index (χ0v) is 10.1. The van der Waals surface area contributed by atoms with Crippen LogP contribution in [0.2, 0.25) is 0 Å². The lowest BCUT2D eigenvalue weighted by Crippen LogP contribution is -2.42. The molecule has 0 aromatic carbocycles. The van der Waals surface area contributed by atoms with Gasteiger partial charge in [-0.2, -0.15) is 4.98 Å². The SMILES string of the molecule is CC1(c2nc(-c3cscn3)no2)COCC1N. The van der Waals surface area contributed by atoms with Crippen LogP contribution in [0.3, 0.4) is 0 Å². The number of hydrogen-bond acceptors (Lipinski definition) is 7. The summed E-state index contributed by atoms with van der Waals surface area (Å²) in [5.74, 6) is 1.02. The topological polar surface area (TPSA) is 87.1 Å². The van der Waals surface area contributed by atoms with Gasteiger partial charge < -0.3 is 15.0 Å². The minimum atomic E-state index is -0.402. The molecule has 0 bridgehead atoms. The fourth-order valence-corrected chi connectivity index (χ4v) is 2.32. The Hall–Kier alpha value is -1.31. The van der Waals surface area contributed by atoms with Crippen molar-refractivity contribution in [2.45, 2.75) is 18.4 Å². The van der Waals surface area contributed by atoms with E-state index in [0.717, 1.165) is 5.69 Å². The minimum Gasteiger partial charge on any atom is -0.379 e. The molecule has 90 valence electrons. The fraction of sp³-hybridized carbons (Fsp3) is 0.500. The van der Waals surface area contributed by atoms with Crippen molar-refractivity contribution in [3.8, 4) is 11.5 Å². The third kappa shape index (κ3) is 1.67. The quantitative estimate of drug-likeness (QED) is 0.851. The molecule has 1 aliphatic heterocycles. The average molecular weight is 252 g/mol. The summed E-state index contributed by atoms with van der Waals surface area (Å²) in [7, 11) is 0. The molecule has 2 N–H and O–H groups in total. The Labute approximate surface area is 102 Å². The second kappa shape index (κ2) is 3.86. The highest BCUT2D eigenvalue weighted by Crippen LogP contribution is 2.31. The first-order chi connectivity index (χ1) is 8.20. The highest BCUT2D eigenvalue weighted by molar-refractivity contribution is 7.07. The van der Waals surface area contributed by atoms with Gasteiger partial charge in [0.05, 0.1) is 24.1 Å². The summed E-state index contributed by atoms with van der Waals surface area (Å²) < 4.78 is 10.6. The van der Waals surface area contributed by atoms with Crippen molar-refractivity contribution < 1.29 is 9.26 Å². The Balaban J connectivity index is 1.95. The maximum absolute atomic E-state index is 6.01. The summed E-state index contributed by atoms with van der Waals surface area (Å²) in [6, 6.07) is -0.119. The molecule has 7 heteroatoms. The molecule has 3 rings (SSSR count). The smallest absolute Gasteiger partial charge is 0.236 e. The largest absolute Gasteiger partial charge is 0.379 e. The van der Waals surface area contributed by atoms with Gasteiger partial charge in [0, 0.05) is 11.4 Å². The highest BCUT2D eigenvalue weighted by atomic mass is 32.1. The molecule has 6 nitrogen and oxygen atoms in total. The molecule has 1 fully saturated rings. The first-order valence-electron chi connectivity index (χ1n) is 5.26. The zero-order chi connectivity index (χ0) is 11.9. The van der Waals surface area contributed by atoms with Crippen LogP contribution in [0.4, 0.5) is 0 Å². The van der Waals surface area contributed by atoms with Crippen LogP contribution >= 0.6 is 11.3 Å². The van der Waals surface area contributed by atoms with Crippen LogP contribution in [-0.2, 0) is 10.2 Å². The number of thiazole rings is 1. The van der Waals surface area contributed by atoms with E-state index in [0.29, 0.717) is 24.9 Å². The Kier molecular flexibility index (Phi) is 2.46. The number of rotatable bonds is 2. The number of ether oxygens (including phenoxy) is 1. The molecule has 0 amide bonds. The molecular formula is C10H12N4O2S. The molecule has 1 saturated heterocycles. The molecule has 2 atom stereocenters. The van der Waals surface area contributed by atoms with Crippen LogP contribution in [-0.4, -0.2) is 34.4 Å². The molecule has 2 unspecified atom stereocenters. The predicted molar refractivity (Wildman–Crippen MR) is 61.6 cm³/mol.